The van der Waals surface area contributed by atoms with Gasteiger partial charge < -0.3 is 36.6 Å². The summed E-state index contributed by atoms with van der Waals surface area (Å²) in [6.07, 6.45) is 1.72. The van der Waals surface area contributed by atoms with Crippen molar-refractivity contribution in [2.75, 3.05) is 13.2 Å². The van der Waals surface area contributed by atoms with E-state index in [4.69, 9.17) is 4.74 Å². The zero-order valence-electron chi connectivity index (χ0n) is 25.0. The molecule has 13 heteroatoms. The molecule has 6 amide bonds. The molecule has 45 heavy (non-hydrogen) atoms. The van der Waals surface area contributed by atoms with Crippen molar-refractivity contribution in [3.8, 4) is 5.75 Å². The number of nitrogens with one attached hydrogen (secondary N) is 6. The predicted molar refractivity (Wildman–Crippen MR) is 162 cm³/mol. The molecular formula is C32H38N6O7. The van der Waals surface area contributed by atoms with Crippen LogP contribution in [0.4, 0.5) is 0 Å². The molecule has 0 radical (unpaired) electrons. The Morgan fingerprint density at radius 1 is 0.911 bits per heavy atom. The molecule has 4 aliphatic rings. The van der Waals surface area contributed by atoms with E-state index in [0.717, 1.165) is 5.56 Å². The second-order valence-electron chi connectivity index (χ2n) is 11.7. The number of carbonyl (C=O) groups excluding carboxylic acids is 6. The molecule has 2 fully saturated rings. The summed E-state index contributed by atoms with van der Waals surface area (Å²) in [5.74, 6) is -2.25. The minimum atomic E-state index is -1.08. The SMILES string of the molecule is C[C@@H]1NC(=O)[C@@H](NC(=O)[C@H]2CCC(=O)N2)Cc2ccc(cc2)OCCNC(=O)C2(CC2)NC(=O)[C@@H](Cc2ccccc2)NC1=O. The smallest absolute Gasteiger partial charge is 0.245 e. The van der Waals surface area contributed by atoms with Crippen LogP contribution in [0.15, 0.2) is 54.6 Å². The highest BCUT2D eigenvalue weighted by molar-refractivity contribution is 5.98. The van der Waals surface area contributed by atoms with Crippen LogP contribution in [0.2, 0.25) is 0 Å². The quantitative estimate of drug-likeness (QED) is 0.247. The standard InChI is InChI=1S/C32H38N6O7/c1-19-27(40)36-25(17-20-5-3-2-4-6-20)30(43)38-32(13-14-32)31(44)33-15-16-45-22-9-7-21(8-10-22)18-24(29(42)34-19)37-28(41)23-11-12-26(39)35-23/h2-10,19,23-25H,11-18H2,1H3,(H,33,44)(H,34,42)(H,35,39)(H,36,40)(H,37,41)(H,38,43)/t19-,23+,24-,25+/m0/s1. The van der Waals surface area contributed by atoms with Gasteiger partial charge in [0.05, 0.1) is 6.54 Å². The third-order valence-corrected chi connectivity index (χ3v) is 8.18. The Morgan fingerprint density at radius 2 is 1.64 bits per heavy atom. The molecule has 6 rings (SSSR count). The lowest BCUT2D eigenvalue weighted by atomic mass is 10.0. The van der Waals surface area contributed by atoms with Crippen molar-refractivity contribution < 1.29 is 33.5 Å². The van der Waals surface area contributed by atoms with Crippen LogP contribution in [0, 0.1) is 0 Å². The van der Waals surface area contributed by atoms with Crippen molar-refractivity contribution >= 4 is 35.4 Å². The maximum absolute atomic E-state index is 13.5. The van der Waals surface area contributed by atoms with Crippen molar-refractivity contribution in [3.63, 3.8) is 0 Å². The molecule has 0 unspecified atom stereocenters. The summed E-state index contributed by atoms with van der Waals surface area (Å²) >= 11 is 0. The Morgan fingerprint density at radius 3 is 2.31 bits per heavy atom. The Labute approximate surface area is 260 Å². The zero-order chi connectivity index (χ0) is 32.0. The van der Waals surface area contributed by atoms with Crippen molar-refractivity contribution in [2.45, 2.75) is 75.2 Å². The summed E-state index contributed by atoms with van der Waals surface area (Å²) in [5, 5.41) is 16.4. The van der Waals surface area contributed by atoms with Crippen LogP contribution >= 0.6 is 0 Å². The topological polar surface area (TPSA) is 184 Å². The average Bonchev–Trinajstić information content (AvgIpc) is 3.68. The Balaban J connectivity index is 1.37. The van der Waals surface area contributed by atoms with Crippen molar-refractivity contribution in [2.24, 2.45) is 0 Å². The average molecular weight is 619 g/mol. The first-order valence-electron chi connectivity index (χ1n) is 15.2. The van der Waals surface area contributed by atoms with Crippen LogP contribution in [0.5, 0.6) is 5.75 Å². The molecule has 4 atom stereocenters. The highest BCUT2D eigenvalue weighted by Crippen LogP contribution is 2.35. The van der Waals surface area contributed by atoms with E-state index in [1.165, 1.54) is 6.92 Å². The van der Waals surface area contributed by atoms with E-state index in [9.17, 15) is 28.8 Å². The lowest BCUT2D eigenvalue weighted by molar-refractivity contribution is -0.134. The van der Waals surface area contributed by atoms with E-state index in [-0.39, 0.29) is 44.2 Å². The molecule has 2 bridgehead atoms. The number of benzene rings is 2. The van der Waals surface area contributed by atoms with Crippen molar-refractivity contribution in [3.05, 3.63) is 65.7 Å². The van der Waals surface area contributed by atoms with Crippen LogP contribution in [-0.4, -0.2) is 78.3 Å². The number of rotatable bonds is 4. The lowest BCUT2D eigenvalue weighted by Gasteiger charge is -2.26. The number of fused-ring (bicyclic) bond motifs is 15. The van der Waals surface area contributed by atoms with Gasteiger partial charge >= 0.3 is 0 Å². The molecule has 2 aromatic rings. The highest BCUT2D eigenvalue weighted by atomic mass is 16.5. The van der Waals surface area contributed by atoms with Gasteiger partial charge in [0, 0.05) is 19.3 Å². The second kappa shape index (κ2) is 13.8. The normalized spacial score (nSPS) is 25.6. The van der Waals surface area contributed by atoms with Gasteiger partial charge in [-0.3, -0.25) is 28.8 Å². The zero-order valence-corrected chi connectivity index (χ0v) is 25.0. The fourth-order valence-electron chi connectivity index (χ4n) is 5.34. The number of amides is 6. The highest BCUT2D eigenvalue weighted by Gasteiger charge is 2.51. The Bertz CT molecular complexity index is 1440. The fourth-order valence-corrected chi connectivity index (χ4v) is 5.34. The molecule has 3 heterocycles. The van der Waals surface area contributed by atoms with Crippen LogP contribution in [-0.2, 0) is 41.6 Å². The van der Waals surface area contributed by atoms with Gasteiger partial charge in [-0.05, 0) is 49.4 Å². The summed E-state index contributed by atoms with van der Waals surface area (Å²) in [7, 11) is 0. The summed E-state index contributed by atoms with van der Waals surface area (Å²) in [6.45, 7) is 1.88. The first kappa shape index (κ1) is 31.5. The number of hydrogen-bond acceptors (Lipinski definition) is 7. The summed E-state index contributed by atoms with van der Waals surface area (Å²) < 4.78 is 5.76. The number of ether oxygens (including phenoxy) is 1. The van der Waals surface area contributed by atoms with Gasteiger partial charge in [-0.15, -0.1) is 0 Å². The van der Waals surface area contributed by atoms with Crippen molar-refractivity contribution in [1.29, 1.82) is 0 Å². The van der Waals surface area contributed by atoms with Gasteiger partial charge in [0.1, 0.15) is 42.1 Å². The summed E-state index contributed by atoms with van der Waals surface area (Å²) in [6, 6.07) is 12.2. The van der Waals surface area contributed by atoms with Crippen molar-refractivity contribution in [1.82, 2.24) is 31.9 Å². The molecule has 0 aromatic heterocycles. The summed E-state index contributed by atoms with van der Waals surface area (Å²) in [4.78, 5) is 78.0. The van der Waals surface area contributed by atoms with Gasteiger partial charge in [-0.1, -0.05) is 42.5 Å². The minimum Gasteiger partial charge on any atom is -0.492 e. The molecule has 1 saturated heterocycles. The minimum absolute atomic E-state index is 0.101. The first-order chi connectivity index (χ1) is 21.6. The third kappa shape index (κ3) is 8.16. The first-order valence-corrected chi connectivity index (χ1v) is 15.2. The van der Waals surface area contributed by atoms with E-state index in [1.807, 2.05) is 30.3 Å². The van der Waals surface area contributed by atoms with Gasteiger partial charge in [-0.2, -0.15) is 0 Å². The van der Waals surface area contributed by atoms with Gasteiger partial charge in [0.2, 0.25) is 35.4 Å². The Hall–Kier alpha value is -4.94. The molecule has 1 aliphatic carbocycles. The monoisotopic (exact) mass is 618 g/mol. The molecule has 2 aromatic carbocycles. The number of hydrogen-bond donors (Lipinski definition) is 6. The molecular weight excluding hydrogens is 580 g/mol. The maximum atomic E-state index is 13.5. The molecule has 1 spiro atoms. The van der Waals surface area contributed by atoms with E-state index < -0.39 is 53.3 Å². The van der Waals surface area contributed by atoms with Gasteiger partial charge in [0.25, 0.3) is 0 Å². The maximum Gasteiger partial charge on any atom is 0.245 e. The summed E-state index contributed by atoms with van der Waals surface area (Å²) in [5.41, 5.74) is 0.444. The van der Waals surface area contributed by atoms with Crippen LogP contribution in [0.1, 0.15) is 43.7 Å². The molecule has 238 valence electrons. The largest absolute Gasteiger partial charge is 0.492 e. The van der Waals surface area contributed by atoms with E-state index in [0.29, 0.717) is 30.6 Å². The lowest BCUT2D eigenvalue weighted by Crippen LogP contribution is -2.59. The predicted octanol–water partition coefficient (Wildman–Crippen LogP) is -0.618. The van der Waals surface area contributed by atoms with E-state index >= 15 is 0 Å². The Kier molecular flexibility index (Phi) is 9.65. The van der Waals surface area contributed by atoms with Gasteiger partial charge in [0.15, 0.2) is 0 Å². The molecule has 1 saturated carbocycles. The van der Waals surface area contributed by atoms with E-state index in [2.05, 4.69) is 31.9 Å². The van der Waals surface area contributed by atoms with Crippen LogP contribution in [0.3, 0.4) is 0 Å². The van der Waals surface area contributed by atoms with Crippen LogP contribution < -0.4 is 36.6 Å². The van der Waals surface area contributed by atoms with Crippen LogP contribution in [0.25, 0.3) is 0 Å². The van der Waals surface area contributed by atoms with E-state index in [1.54, 1.807) is 24.3 Å². The second-order valence-corrected chi connectivity index (χ2v) is 11.7. The third-order valence-electron chi connectivity index (χ3n) is 8.18. The van der Waals surface area contributed by atoms with Gasteiger partial charge in [-0.25, -0.2) is 0 Å². The molecule has 3 aliphatic heterocycles. The fraction of sp³-hybridized carbons (Fsp3) is 0.438. The number of carbonyl (C=O) groups is 6. The molecule has 6 N–H and O–H groups in total. The molecule has 13 nitrogen and oxygen atoms in total.